The van der Waals surface area contributed by atoms with Gasteiger partial charge in [-0.2, -0.15) is 0 Å². The van der Waals surface area contributed by atoms with Crippen LogP contribution < -0.4 is 5.32 Å². The molecule has 0 aliphatic rings. The van der Waals surface area contributed by atoms with Gasteiger partial charge in [-0.3, -0.25) is 0 Å². The minimum Gasteiger partial charge on any atom is -0.383 e. The molecule has 1 rings (SSSR count). The van der Waals surface area contributed by atoms with Crippen LogP contribution in [0.15, 0.2) is 24.3 Å². The van der Waals surface area contributed by atoms with E-state index < -0.39 is 0 Å². The standard InChI is InChI=1S/C14H23NO/c1-3-5-10-16-11-9-15-14-8-6-7-13(4-2)12-14/h6-8,12,15H,3-5,9-11H2,1-2H3. The number of hydrogen-bond donors (Lipinski definition) is 1. The highest BCUT2D eigenvalue weighted by Gasteiger charge is 1.93. The fourth-order valence-electron chi connectivity index (χ4n) is 1.52. The van der Waals surface area contributed by atoms with E-state index in [1.807, 2.05) is 0 Å². The Morgan fingerprint density at radius 2 is 2.06 bits per heavy atom. The Morgan fingerprint density at radius 1 is 1.19 bits per heavy atom. The molecule has 0 fully saturated rings. The van der Waals surface area contributed by atoms with Gasteiger partial charge < -0.3 is 10.1 Å². The van der Waals surface area contributed by atoms with Gasteiger partial charge in [0.05, 0.1) is 6.61 Å². The Morgan fingerprint density at radius 3 is 2.81 bits per heavy atom. The van der Waals surface area contributed by atoms with Gasteiger partial charge in [-0.05, 0) is 30.5 Å². The highest BCUT2D eigenvalue weighted by molar-refractivity contribution is 5.45. The van der Waals surface area contributed by atoms with Gasteiger partial charge in [0.1, 0.15) is 0 Å². The molecule has 0 aliphatic heterocycles. The number of hydrogen-bond acceptors (Lipinski definition) is 2. The van der Waals surface area contributed by atoms with Crippen molar-refractivity contribution in [1.29, 1.82) is 0 Å². The molecule has 16 heavy (non-hydrogen) atoms. The lowest BCUT2D eigenvalue weighted by molar-refractivity contribution is 0.141. The Labute approximate surface area is 99.0 Å². The second-order valence-corrected chi connectivity index (χ2v) is 3.95. The summed E-state index contributed by atoms with van der Waals surface area (Å²) in [5, 5.41) is 3.37. The molecule has 0 saturated heterocycles. The molecule has 2 nitrogen and oxygen atoms in total. The van der Waals surface area contributed by atoms with E-state index in [1.54, 1.807) is 0 Å². The molecule has 90 valence electrons. The number of aryl methyl sites for hydroxylation is 1. The highest BCUT2D eigenvalue weighted by atomic mass is 16.5. The average molecular weight is 221 g/mol. The molecule has 0 heterocycles. The van der Waals surface area contributed by atoms with Crippen molar-refractivity contribution in [3.63, 3.8) is 0 Å². The van der Waals surface area contributed by atoms with Gasteiger partial charge >= 0.3 is 0 Å². The molecule has 0 aromatic heterocycles. The molecule has 0 amide bonds. The number of ether oxygens (including phenoxy) is 1. The normalized spacial score (nSPS) is 10.4. The molecule has 0 bridgehead atoms. The van der Waals surface area contributed by atoms with Crippen LogP contribution in [0.4, 0.5) is 5.69 Å². The maximum atomic E-state index is 5.49. The van der Waals surface area contributed by atoms with Gasteiger partial charge in [0.25, 0.3) is 0 Å². The Kier molecular flexibility index (Phi) is 6.66. The fourth-order valence-corrected chi connectivity index (χ4v) is 1.52. The third-order valence-corrected chi connectivity index (χ3v) is 2.55. The van der Waals surface area contributed by atoms with Gasteiger partial charge in [0.15, 0.2) is 0 Å². The van der Waals surface area contributed by atoms with Crippen LogP contribution >= 0.6 is 0 Å². The lowest BCUT2D eigenvalue weighted by atomic mass is 10.1. The summed E-state index contributed by atoms with van der Waals surface area (Å²) in [6.07, 6.45) is 3.44. The van der Waals surface area contributed by atoms with Gasteiger partial charge in [0.2, 0.25) is 0 Å². The Bertz CT molecular complexity index is 286. The highest BCUT2D eigenvalue weighted by Crippen LogP contribution is 2.10. The summed E-state index contributed by atoms with van der Waals surface area (Å²) in [6.45, 7) is 6.91. The van der Waals surface area contributed by atoms with E-state index in [0.717, 1.165) is 32.6 Å². The van der Waals surface area contributed by atoms with Crippen LogP contribution in [0.25, 0.3) is 0 Å². The van der Waals surface area contributed by atoms with E-state index in [1.165, 1.54) is 17.7 Å². The van der Waals surface area contributed by atoms with E-state index in [0.29, 0.717) is 0 Å². The first-order valence-electron chi connectivity index (χ1n) is 6.27. The number of anilines is 1. The number of benzene rings is 1. The molecule has 1 N–H and O–H groups in total. The topological polar surface area (TPSA) is 21.3 Å². The largest absolute Gasteiger partial charge is 0.383 e. The first-order valence-corrected chi connectivity index (χ1v) is 6.27. The van der Waals surface area contributed by atoms with Crippen molar-refractivity contribution >= 4 is 5.69 Å². The van der Waals surface area contributed by atoms with Crippen LogP contribution in [0.3, 0.4) is 0 Å². The van der Waals surface area contributed by atoms with Crippen molar-refractivity contribution in [3.8, 4) is 0 Å². The molecule has 1 aromatic carbocycles. The second kappa shape index (κ2) is 8.17. The smallest absolute Gasteiger partial charge is 0.0639 e. The van der Waals surface area contributed by atoms with E-state index in [9.17, 15) is 0 Å². The Balaban J connectivity index is 2.16. The summed E-state index contributed by atoms with van der Waals surface area (Å²) in [7, 11) is 0. The molecule has 1 aromatic rings. The van der Waals surface area contributed by atoms with E-state index in [2.05, 4.69) is 43.4 Å². The van der Waals surface area contributed by atoms with Crippen LogP contribution in [0.2, 0.25) is 0 Å². The first kappa shape index (κ1) is 13.0. The summed E-state index contributed by atoms with van der Waals surface area (Å²) in [6, 6.07) is 8.55. The van der Waals surface area contributed by atoms with Gasteiger partial charge in [-0.25, -0.2) is 0 Å². The molecular weight excluding hydrogens is 198 g/mol. The summed E-state index contributed by atoms with van der Waals surface area (Å²) in [5.41, 5.74) is 2.57. The minimum absolute atomic E-state index is 0.788. The third-order valence-electron chi connectivity index (χ3n) is 2.55. The zero-order valence-electron chi connectivity index (χ0n) is 10.5. The molecule has 0 radical (unpaired) electrons. The lowest BCUT2D eigenvalue weighted by Gasteiger charge is -2.08. The average Bonchev–Trinajstić information content (AvgIpc) is 2.34. The number of unbranched alkanes of at least 4 members (excludes halogenated alkanes) is 1. The molecular formula is C14H23NO. The minimum atomic E-state index is 0.788. The predicted molar refractivity (Wildman–Crippen MR) is 70.0 cm³/mol. The van der Waals surface area contributed by atoms with Crippen LogP contribution in [-0.4, -0.2) is 19.8 Å². The van der Waals surface area contributed by atoms with Crippen LogP contribution in [0.5, 0.6) is 0 Å². The second-order valence-electron chi connectivity index (χ2n) is 3.95. The zero-order chi connectivity index (χ0) is 11.6. The molecule has 2 heteroatoms. The zero-order valence-corrected chi connectivity index (χ0v) is 10.5. The molecule has 0 aliphatic carbocycles. The summed E-state index contributed by atoms with van der Waals surface area (Å²) in [4.78, 5) is 0. The first-order chi connectivity index (χ1) is 7.86. The maximum absolute atomic E-state index is 5.49. The molecule has 0 atom stereocenters. The molecule has 0 unspecified atom stereocenters. The Hall–Kier alpha value is -1.02. The van der Waals surface area contributed by atoms with E-state index in [-0.39, 0.29) is 0 Å². The van der Waals surface area contributed by atoms with Gasteiger partial charge in [-0.1, -0.05) is 32.4 Å². The summed E-state index contributed by atoms with van der Waals surface area (Å²) >= 11 is 0. The van der Waals surface area contributed by atoms with Crippen LogP contribution in [0, 0.1) is 0 Å². The predicted octanol–water partition coefficient (Wildman–Crippen LogP) is 3.48. The fraction of sp³-hybridized carbons (Fsp3) is 0.571. The van der Waals surface area contributed by atoms with Crippen molar-refractivity contribution in [2.75, 3.05) is 25.1 Å². The number of rotatable bonds is 8. The number of nitrogens with one attached hydrogen (secondary N) is 1. The SMILES string of the molecule is CCCCOCCNc1cccc(CC)c1. The van der Waals surface area contributed by atoms with Crippen LogP contribution in [-0.2, 0) is 11.2 Å². The van der Waals surface area contributed by atoms with Gasteiger partial charge in [0, 0.05) is 18.8 Å². The van der Waals surface area contributed by atoms with Crippen molar-refractivity contribution in [2.24, 2.45) is 0 Å². The maximum Gasteiger partial charge on any atom is 0.0639 e. The molecule has 0 spiro atoms. The van der Waals surface area contributed by atoms with Crippen LogP contribution in [0.1, 0.15) is 32.3 Å². The van der Waals surface area contributed by atoms with Crippen molar-refractivity contribution in [3.05, 3.63) is 29.8 Å². The van der Waals surface area contributed by atoms with E-state index >= 15 is 0 Å². The van der Waals surface area contributed by atoms with E-state index in [4.69, 9.17) is 4.74 Å². The van der Waals surface area contributed by atoms with Crippen molar-refractivity contribution in [1.82, 2.24) is 0 Å². The van der Waals surface area contributed by atoms with Gasteiger partial charge in [-0.15, -0.1) is 0 Å². The summed E-state index contributed by atoms with van der Waals surface area (Å²) in [5.74, 6) is 0. The monoisotopic (exact) mass is 221 g/mol. The van der Waals surface area contributed by atoms with Crippen molar-refractivity contribution in [2.45, 2.75) is 33.1 Å². The molecule has 0 saturated carbocycles. The third kappa shape index (κ3) is 5.17. The lowest BCUT2D eigenvalue weighted by Crippen LogP contribution is -2.10. The summed E-state index contributed by atoms with van der Waals surface area (Å²) < 4.78 is 5.49. The van der Waals surface area contributed by atoms with Crippen molar-refractivity contribution < 1.29 is 4.74 Å². The quantitative estimate of drug-likeness (QED) is 0.679.